The first-order valence-electron chi connectivity index (χ1n) is 7.55. The van der Waals surface area contributed by atoms with Crippen molar-refractivity contribution in [2.24, 2.45) is 0 Å². The summed E-state index contributed by atoms with van der Waals surface area (Å²) in [5.41, 5.74) is 0.978. The van der Waals surface area contributed by atoms with Crippen molar-refractivity contribution < 1.29 is 13.2 Å². The first kappa shape index (κ1) is 18.0. The van der Waals surface area contributed by atoms with Gasteiger partial charge in [-0.25, -0.2) is 13.1 Å². The molecule has 26 heavy (non-hydrogen) atoms. The number of hydrogen-bond acceptors (Lipinski definition) is 4. The SMILES string of the molecule is CNC(=O)c1cc(Cl)ccc1NS(=O)(=O)c1cnn(-c2ccccc2)c1. The van der Waals surface area contributed by atoms with E-state index in [0.29, 0.717) is 5.02 Å². The smallest absolute Gasteiger partial charge is 0.265 e. The van der Waals surface area contributed by atoms with Crippen molar-refractivity contribution in [3.05, 3.63) is 71.5 Å². The van der Waals surface area contributed by atoms with E-state index >= 15 is 0 Å². The van der Waals surface area contributed by atoms with Crippen LogP contribution in [0.5, 0.6) is 0 Å². The van der Waals surface area contributed by atoms with Crippen LogP contribution in [0.3, 0.4) is 0 Å². The lowest BCUT2D eigenvalue weighted by molar-refractivity contribution is 0.0964. The lowest BCUT2D eigenvalue weighted by atomic mass is 10.2. The fourth-order valence-electron chi connectivity index (χ4n) is 2.30. The van der Waals surface area contributed by atoms with E-state index in [-0.39, 0.29) is 16.1 Å². The van der Waals surface area contributed by atoms with Crippen LogP contribution in [-0.2, 0) is 10.0 Å². The maximum Gasteiger partial charge on any atom is 0.265 e. The van der Waals surface area contributed by atoms with Crippen LogP contribution in [0.2, 0.25) is 5.02 Å². The van der Waals surface area contributed by atoms with E-state index in [1.807, 2.05) is 18.2 Å². The molecule has 2 N–H and O–H groups in total. The Bertz CT molecular complexity index is 1050. The summed E-state index contributed by atoms with van der Waals surface area (Å²) in [5.74, 6) is -0.454. The van der Waals surface area contributed by atoms with Crippen molar-refractivity contribution in [1.82, 2.24) is 15.1 Å². The van der Waals surface area contributed by atoms with Crippen molar-refractivity contribution in [2.75, 3.05) is 11.8 Å². The van der Waals surface area contributed by atoms with Crippen molar-refractivity contribution in [3.8, 4) is 5.69 Å². The molecule has 9 heteroatoms. The Kier molecular flexibility index (Phi) is 4.97. The molecule has 0 aliphatic carbocycles. The zero-order chi connectivity index (χ0) is 18.7. The molecule has 0 unspecified atom stereocenters. The second-order valence-electron chi connectivity index (χ2n) is 5.33. The van der Waals surface area contributed by atoms with Crippen LogP contribution < -0.4 is 10.0 Å². The Hall–Kier alpha value is -2.84. The van der Waals surface area contributed by atoms with Crippen LogP contribution in [0, 0.1) is 0 Å². The highest BCUT2D eigenvalue weighted by molar-refractivity contribution is 7.92. The van der Waals surface area contributed by atoms with Gasteiger partial charge in [0.1, 0.15) is 4.90 Å². The summed E-state index contributed by atoms with van der Waals surface area (Å²) >= 11 is 5.91. The highest BCUT2D eigenvalue weighted by Gasteiger charge is 2.20. The summed E-state index contributed by atoms with van der Waals surface area (Å²) in [4.78, 5) is 11.9. The highest BCUT2D eigenvalue weighted by Crippen LogP contribution is 2.24. The minimum atomic E-state index is -3.93. The molecule has 0 fully saturated rings. The average molecular weight is 391 g/mol. The number of halogens is 1. The van der Waals surface area contributed by atoms with Gasteiger partial charge in [-0.1, -0.05) is 29.8 Å². The lowest BCUT2D eigenvalue weighted by Gasteiger charge is -2.11. The molecule has 0 saturated heterocycles. The van der Waals surface area contributed by atoms with Crippen LogP contribution in [0.4, 0.5) is 5.69 Å². The first-order valence-corrected chi connectivity index (χ1v) is 9.41. The maximum absolute atomic E-state index is 12.7. The summed E-state index contributed by atoms with van der Waals surface area (Å²) in [6.07, 6.45) is 2.64. The first-order chi connectivity index (χ1) is 12.4. The van der Waals surface area contributed by atoms with Gasteiger partial charge in [-0.15, -0.1) is 0 Å². The van der Waals surface area contributed by atoms with Crippen LogP contribution in [0.1, 0.15) is 10.4 Å². The number of benzene rings is 2. The standard InChI is InChI=1S/C17H15ClN4O3S/c1-19-17(23)15-9-12(18)7-8-16(15)21-26(24,25)14-10-20-22(11-14)13-5-3-2-4-6-13/h2-11,21H,1H3,(H,19,23). The van der Waals surface area contributed by atoms with Gasteiger partial charge in [0.25, 0.3) is 15.9 Å². The molecule has 3 rings (SSSR count). The summed E-state index contributed by atoms with van der Waals surface area (Å²) in [5, 5.41) is 6.85. The minimum Gasteiger partial charge on any atom is -0.355 e. The van der Waals surface area contributed by atoms with Gasteiger partial charge >= 0.3 is 0 Å². The molecule has 1 heterocycles. The third kappa shape index (κ3) is 3.71. The molecule has 134 valence electrons. The summed E-state index contributed by atoms with van der Waals surface area (Å²) in [6, 6.07) is 13.4. The molecular weight excluding hydrogens is 376 g/mol. The molecule has 0 aliphatic heterocycles. The molecule has 0 atom stereocenters. The van der Waals surface area contributed by atoms with E-state index in [1.54, 1.807) is 12.1 Å². The van der Waals surface area contributed by atoms with E-state index in [1.165, 1.54) is 42.3 Å². The van der Waals surface area contributed by atoms with E-state index in [0.717, 1.165) is 5.69 Å². The zero-order valence-corrected chi connectivity index (χ0v) is 15.3. The molecule has 0 saturated carbocycles. The average Bonchev–Trinajstić information content (AvgIpc) is 3.14. The van der Waals surface area contributed by atoms with Gasteiger partial charge in [0.2, 0.25) is 0 Å². The maximum atomic E-state index is 12.7. The van der Waals surface area contributed by atoms with Crippen molar-refractivity contribution in [3.63, 3.8) is 0 Å². The van der Waals surface area contributed by atoms with Gasteiger partial charge in [-0.3, -0.25) is 9.52 Å². The summed E-state index contributed by atoms with van der Waals surface area (Å²) < 4.78 is 29.2. The van der Waals surface area contributed by atoms with Gasteiger partial charge in [0.05, 0.1) is 29.3 Å². The Balaban J connectivity index is 1.93. The quantitative estimate of drug-likeness (QED) is 0.700. The minimum absolute atomic E-state index is 0.0286. The van der Waals surface area contributed by atoms with Gasteiger partial charge in [0.15, 0.2) is 0 Å². The van der Waals surface area contributed by atoms with E-state index in [4.69, 9.17) is 11.6 Å². The summed E-state index contributed by atoms with van der Waals surface area (Å²) in [6.45, 7) is 0. The monoisotopic (exact) mass is 390 g/mol. The van der Waals surface area contributed by atoms with Crippen molar-refractivity contribution in [2.45, 2.75) is 4.90 Å². The summed E-state index contributed by atoms with van der Waals surface area (Å²) in [7, 11) is -2.48. The number of sulfonamides is 1. The third-order valence-electron chi connectivity index (χ3n) is 3.59. The molecule has 0 spiro atoms. The Morgan fingerprint density at radius 1 is 1.15 bits per heavy atom. The number of nitrogens with one attached hydrogen (secondary N) is 2. The van der Waals surface area contributed by atoms with Crippen LogP contribution in [0.15, 0.2) is 65.8 Å². The zero-order valence-electron chi connectivity index (χ0n) is 13.7. The number of amides is 1. The van der Waals surface area contributed by atoms with Gasteiger partial charge in [0, 0.05) is 12.1 Å². The normalized spacial score (nSPS) is 11.2. The molecule has 1 aromatic heterocycles. The van der Waals surface area contributed by atoms with E-state index in [9.17, 15) is 13.2 Å². The second-order valence-corrected chi connectivity index (χ2v) is 7.45. The van der Waals surface area contributed by atoms with Crippen LogP contribution in [-0.4, -0.2) is 31.2 Å². The van der Waals surface area contributed by atoms with Crippen LogP contribution in [0.25, 0.3) is 5.69 Å². The molecule has 2 aromatic carbocycles. The molecule has 1 amide bonds. The Labute approximate surface area is 155 Å². The topological polar surface area (TPSA) is 93.1 Å². The van der Waals surface area contributed by atoms with E-state index < -0.39 is 15.9 Å². The number of anilines is 1. The largest absolute Gasteiger partial charge is 0.355 e. The van der Waals surface area contributed by atoms with Crippen molar-refractivity contribution in [1.29, 1.82) is 0 Å². The van der Waals surface area contributed by atoms with Crippen LogP contribution >= 0.6 is 11.6 Å². The number of aromatic nitrogens is 2. The van der Waals surface area contributed by atoms with Crippen molar-refractivity contribution >= 4 is 33.2 Å². The Morgan fingerprint density at radius 3 is 2.58 bits per heavy atom. The van der Waals surface area contributed by atoms with E-state index in [2.05, 4.69) is 15.1 Å². The molecular formula is C17H15ClN4O3S. The number of nitrogens with zero attached hydrogens (tertiary/aromatic N) is 2. The fourth-order valence-corrected chi connectivity index (χ4v) is 3.48. The predicted molar refractivity (Wildman–Crippen MR) is 99.2 cm³/mol. The number of carbonyl (C=O) groups is 1. The second kappa shape index (κ2) is 7.19. The number of para-hydroxylation sites is 1. The number of hydrogen-bond donors (Lipinski definition) is 2. The molecule has 0 radical (unpaired) electrons. The molecule has 3 aromatic rings. The highest BCUT2D eigenvalue weighted by atomic mass is 35.5. The van der Waals surface area contributed by atoms with Gasteiger partial charge in [-0.2, -0.15) is 5.10 Å². The number of carbonyl (C=O) groups excluding carboxylic acids is 1. The molecule has 0 aliphatic rings. The molecule has 7 nitrogen and oxygen atoms in total. The predicted octanol–water partition coefficient (Wildman–Crippen LogP) is 2.69. The fraction of sp³-hybridized carbons (Fsp3) is 0.0588. The lowest BCUT2D eigenvalue weighted by Crippen LogP contribution is -2.21. The third-order valence-corrected chi connectivity index (χ3v) is 5.14. The number of rotatable bonds is 5. The Morgan fingerprint density at radius 2 is 1.88 bits per heavy atom. The van der Waals surface area contributed by atoms with Gasteiger partial charge in [-0.05, 0) is 30.3 Å². The van der Waals surface area contributed by atoms with Gasteiger partial charge < -0.3 is 5.32 Å². The molecule has 0 bridgehead atoms.